The summed E-state index contributed by atoms with van der Waals surface area (Å²) in [4.78, 5) is 35.5. The number of benzene rings is 2. The largest absolute Gasteiger partial charge is 0.493 e. The molecule has 9 heteroatoms. The van der Waals surface area contributed by atoms with Crippen molar-refractivity contribution in [2.75, 3.05) is 25.6 Å². The second-order valence-electron chi connectivity index (χ2n) is 5.36. The second-order valence-corrected chi connectivity index (χ2v) is 5.36. The summed E-state index contributed by atoms with van der Waals surface area (Å²) in [6, 6.07) is 8.93. The summed E-state index contributed by atoms with van der Waals surface area (Å²) in [5, 5.41) is 4.11. The van der Waals surface area contributed by atoms with E-state index >= 15 is 0 Å². The average Bonchev–Trinajstić information content (AvgIpc) is 2.68. The minimum absolute atomic E-state index is 0.0912. The number of hydrogen-bond donors (Lipinski definition) is 2. The van der Waals surface area contributed by atoms with Crippen LogP contribution in [0.5, 0.6) is 11.5 Å². The molecule has 2 N–H and O–H groups in total. The average molecular weight is 390 g/mol. The molecule has 0 atom stereocenters. The molecule has 0 heterocycles. The van der Waals surface area contributed by atoms with Gasteiger partial charge in [0.15, 0.2) is 18.1 Å². The number of anilines is 1. The molecular formula is C19H19FN2O6. The number of carbonyl (C=O) groups is 3. The summed E-state index contributed by atoms with van der Waals surface area (Å²) in [7, 11) is 1.46. The van der Waals surface area contributed by atoms with E-state index in [9.17, 15) is 18.8 Å². The van der Waals surface area contributed by atoms with Gasteiger partial charge in [-0.2, -0.15) is 0 Å². The first-order chi connectivity index (χ1) is 13.4. The van der Waals surface area contributed by atoms with Crippen molar-refractivity contribution in [1.82, 2.24) is 5.32 Å². The lowest BCUT2D eigenvalue weighted by atomic mass is 10.2. The van der Waals surface area contributed by atoms with Crippen molar-refractivity contribution in [3.63, 3.8) is 0 Å². The Labute approximate surface area is 160 Å². The lowest BCUT2D eigenvalue weighted by Gasteiger charge is -2.11. The van der Waals surface area contributed by atoms with E-state index in [0.717, 1.165) is 6.07 Å². The quantitative estimate of drug-likeness (QED) is 0.705. The molecule has 0 aliphatic carbocycles. The van der Waals surface area contributed by atoms with Gasteiger partial charge in [0.2, 0.25) is 0 Å². The molecule has 0 spiro atoms. The number of halogens is 1. The predicted molar refractivity (Wildman–Crippen MR) is 98.0 cm³/mol. The first-order valence-electron chi connectivity index (χ1n) is 8.28. The van der Waals surface area contributed by atoms with Crippen LogP contribution in [0.3, 0.4) is 0 Å². The van der Waals surface area contributed by atoms with Crippen molar-refractivity contribution in [2.24, 2.45) is 0 Å². The lowest BCUT2D eigenvalue weighted by molar-refractivity contribution is -0.123. The highest BCUT2D eigenvalue weighted by molar-refractivity contribution is 6.02. The molecule has 2 aromatic rings. The minimum atomic E-state index is -0.950. The Morgan fingerprint density at radius 2 is 1.82 bits per heavy atom. The zero-order valence-electron chi connectivity index (χ0n) is 15.3. The number of imide groups is 1. The van der Waals surface area contributed by atoms with E-state index in [2.05, 4.69) is 5.32 Å². The van der Waals surface area contributed by atoms with Crippen LogP contribution >= 0.6 is 0 Å². The Bertz CT molecular complexity index is 871. The van der Waals surface area contributed by atoms with Crippen LogP contribution in [0.15, 0.2) is 42.5 Å². The van der Waals surface area contributed by atoms with E-state index in [4.69, 9.17) is 14.2 Å². The maximum atomic E-state index is 13.5. The molecule has 28 heavy (non-hydrogen) atoms. The summed E-state index contributed by atoms with van der Waals surface area (Å²) in [5.41, 5.74) is 0.0549. The predicted octanol–water partition coefficient (Wildman–Crippen LogP) is 2.74. The number of ether oxygens (including phenoxy) is 3. The smallest absolute Gasteiger partial charge is 0.338 e. The van der Waals surface area contributed by atoms with Crippen LogP contribution in [0.1, 0.15) is 17.3 Å². The molecule has 0 unspecified atom stereocenters. The van der Waals surface area contributed by atoms with Crippen molar-refractivity contribution >= 4 is 23.6 Å². The van der Waals surface area contributed by atoms with Crippen LogP contribution < -0.4 is 20.1 Å². The third-order valence-electron chi connectivity index (χ3n) is 3.41. The first kappa shape index (κ1) is 20.7. The molecule has 0 saturated heterocycles. The number of carbonyl (C=O) groups excluding carboxylic acids is 3. The zero-order chi connectivity index (χ0) is 20.5. The van der Waals surface area contributed by atoms with Gasteiger partial charge in [0.1, 0.15) is 5.82 Å². The number of rotatable bonds is 7. The molecule has 0 aromatic heterocycles. The van der Waals surface area contributed by atoms with Gasteiger partial charge in [0.05, 0.1) is 25.0 Å². The minimum Gasteiger partial charge on any atom is -0.493 e. The van der Waals surface area contributed by atoms with Crippen LogP contribution in [0, 0.1) is 5.82 Å². The van der Waals surface area contributed by atoms with Gasteiger partial charge < -0.3 is 19.5 Å². The molecule has 0 bridgehead atoms. The van der Waals surface area contributed by atoms with Crippen molar-refractivity contribution in [2.45, 2.75) is 6.92 Å². The second kappa shape index (κ2) is 9.91. The van der Waals surface area contributed by atoms with E-state index in [1.165, 1.54) is 43.5 Å². The third kappa shape index (κ3) is 5.70. The van der Waals surface area contributed by atoms with Gasteiger partial charge >= 0.3 is 12.0 Å². The highest BCUT2D eigenvalue weighted by atomic mass is 19.1. The van der Waals surface area contributed by atoms with Crippen LogP contribution in [0.25, 0.3) is 0 Å². The number of urea groups is 1. The molecule has 0 radical (unpaired) electrons. The number of para-hydroxylation sites is 1. The van der Waals surface area contributed by atoms with E-state index in [0.29, 0.717) is 18.1 Å². The third-order valence-corrected chi connectivity index (χ3v) is 3.41. The van der Waals surface area contributed by atoms with Crippen LogP contribution in [0.4, 0.5) is 14.9 Å². The molecule has 0 aliphatic heterocycles. The summed E-state index contributed by atoms with van der Waals surface area (Å²) in [6.07, 6.45) is 0. The standard InChI is InChI=1S/C19H19FN2O6/c1-3-27-16-10-12(8-9-15(16)26-2)18(24)28-11-17(23)22-19(25)21-14-7-5-4-6-13(14)20/h4-10H,3,11H2,1-2H3,(H2,21,22,23,25). The van der Waals surface area contributed by atoms with Gasteiger partial charge in [-0.3, -0.25) is 10.1 Å². The molecule has 148 valence electrons. The van der Waals surface area contributed by atoms with Crippen molar-refractivity contribution in [3.8, 4) is 11.5 Å². The highest BCUT2D eigenvalue weighted by Crippen LogP contribution is 2.28. The van der Waals surface area contributed by atoms with Gasteiger partial charge in [-0.15, -0.1) is 0 Å². The van der Waals surface area contributed by atoms with E-state index in [1.807, 2.05) is 5.32 Å². The molecule has 2 rings (SSSR count). The molecule has 8 nitrogen and oxygen atoms in total. The number of methoxy groups -OCH3 is 1. The van der Waals surface area contributed by atoms with E-state index < -0.39 is 30.3 Å². The van der Waals surface area contributed by atoms with Gasteiger partial charge in [0.25, 0.3) is 5.91 Å². The number of amides is 3. The summed E-state index contributed by atoms with van der Waals surface area (Å²) in [5.74, 6) is -1.51. The first-order valence-corrected chi connectivity index (χ1v) is 8.28. The van der Waals surface area contributed by atoms with Crippen molar-refractivity contribution < 1.29 is 33.0 Å². The lowest BCUT2D eigenvalue weighted by Crippen LogP contribution is -2.37. The Balaban J connectivity index is 1.88. The molecule has 0 aliphatic rings. The molecule has 0 saturated carbocycles. The number of esters is 1. The molecule has 2 aromatic carbocycles. The van der Waals surface area contributed by atoms with Gasteiger partial charge in [-0.1, -0.05) is 12.1 Å². The maximum Gasteiger partial charge on any atom is 0.338 e. The Morgan fingerprint density at radius 3 is 2.50 bits per heavy atom. The van der Waals surface area contributed by atoms with Gasteiger partial charge in [-0.25, -0.2) is 14.0 Å². The summed E-state index contributed by atoms with van der Waals surface area (Å²) < 4.78 is 28.8. The normalized spacial score (nSPS) is 9.96. The summed E-state index contributed by atoms with van der Waals surface area (Å²) >= 11 is 0. The zero-order valence-corrected chi connectivity index (χ0v) is 15.3. The fourth-order valence-corrected chi connectivity index (χ4v) is 2.17. The monoisotopic (exact) mass is 390 g/mol. The van der Waals surface area contributed by atoms with Crippen molar-refractivity contribution in [1.29, 1.82) is 0 Å². The fraction of sp³-hybridized carbons (Fsp3) is 0.211. The summed E-state index contributed by atoms with van der Waals surface area (Å²) in [6.45, 7) is 1.45. The van der Waals surface area contributed by atoms with Crippen LogP contribution in [-0.2, 0) is 9.53 Å². The Morgan fingerprint density at radius 1 is 1.07 bits per heavy atom. The number of nitrogens with one attached hydrogen (secondary N) is 2. The highest BCUT2D eigenvalue weighted by Gasteiger charge is 2.15. The SMILES string of the molecule is CCOc1cc(C(=O)OCC(=O)NC(=O)Nc2ccccc2F)ccc1OC. The van der Waals surface area contributed by atoms with Gasteiger partial charge in [0, 0.05) is 0 Å². The van der Waals surface area contributed by atoms with Gasteiger partial charge in [-0.05, 0) is 37.3 Å². The molecular weight excluding hydrogens is 371 g/mol. The van der Waals surface area contributed by atoms with E-state index in [1.54, 1.807) is 6.92 Å². The van der Waals surface area contributed by atoms with Crippen LogP contribution in [-0.4, -0.2) is 38.2 Å². The molecule has 0 fully saturated rings. The molecule has 3 amide bonds. The van der Waals surface area contributed by atoms with Crippen molar-refractivity contribution in [3.05, 3.63) is 53.8 Å². The Kier molecular flexibility index (Phi) is 7.32. The fourth-order valence-electron chi connectivity index (χ4n) is 2.17. The topological polar surface area (TPSA) is 103 Å². The number of hydrogen-bond acceptors (Lipinski definition) is 6. The van der Waals surface area contributed by atoms with Crippen LogP contribution in [0.2, 0.25) is 0 Å². The maximum absolute atomic E-state index is 13.5. The Hall–Kier alpha value is -3.62. The van der Waals surface area contributed by atoms with E-state index in [-0.39, 0.29) is 11.3 Å².